The minimum absolute atomic E-state index is 0.120. The topological polar surface area (TPSA) is 92.0 Å². The number of carbonyl (C=O) groups is 2. The molecule has 0 N–H and O–H groups in total. The number of esters is 2. The van der Waals surface area contributed by atoms with Crippen LogP contribution in [0.25, 0.3) is 16.9 Å². The van der Waals surface area contributed by atoms with Gasteiger partial charge >= 0.3 is 11.9 Å². The highest BCUT2D eigenvalue weighted by atomic mass is 19.1. The van der Waals surface area contributed by atoms with E-state index in [0.29, 0.717) is 34.8 Å². The lowest BCUT2D eigenvalue weighted by Crippen LogP contribution is -2.36. The van der Waals surface area contributed by atoms with E-state index in [0.717, 1.165) is 5.69 Å². The van der Waals surface area contributed by atoms with Crippen molar-refractivity contribution in [1.82, 2.24) is 9.78 Å². The Morgan fingerprint density at radius 3 is 2.41 bits per heavy atom. The average molecular weight is 506 g/mol. The smallest absolute Gasteiger partial charge is 0.336 e. The summed E-state index contributed by atoms with van der Waals surface area (Å²) in [6, 6.07) is 13.9. The second kappa shape index (κ2) is 10.8. The third-order valence-electron chi connectivity index (χ3n) is 6.29. The average Bonchev–Trinajstić information content (AvgIpc) is 3.34. The van der Waals surface area contributed by atoms with Crippen LogP contribution in [0.3, 0.4) is 0 Å². The van der Waals surface area contributed by atoms with Gasteiger partial charge in [-0.05, 0) is 51.1 Å². The Morgan fingerprint density at radius 2 is 1.78 bits per heavy atom. The van der Waals surface area contributed by atoms with Gasteiger partial charge in [0.2, 0.25) is 0 Å². The fourth-order valence-electron chi connectivity index (χ4n) is 4.65. The van der Waals surface area contributed by atoms with E-state index in [1.54, 1.807) is 37.7 Å². The molecule has 0 aliphatic carbocycles. The van der Waals surface area contributed by atoms with Gasteiger partial charge in [0, 0.05) is 34.7 Å². The molecule has 0 saturated heterocycles. The molecule has 2 heterocycles. The van der Waals surface area contributed by atoms with Crippen LogP contribution in [0.2, 0.25) is 0 Å². The highest BCUT2D eigenvalue weighted by Crippen LogP contribution is 2.44. The fourth-order valence-corrected chi connectivity index (χ4v) is 4.65. The third-order valence-corrected chi connectivity index (χ3v) is 6.29. The molecule has 2 unspecified atom stereocenters. The van der Waals surface area contributed by atoms with E-state index < -0.39 is 29.6 Å². The summed E-state index contributed by atoms with van der Waals surface area (Å²) in [6.07, 6.45) is 1.74. The highest BCUT2D eigenvalue weighted by molar-refractivity contribution is 6.07. The first-order valence-electron chi connectivity index (χ1n) is 11.8. The van der Waals surface area contributed by atoms with Crippen LogP contribution in [0, 0.1) is 11.7 Å². The summed E-state index contributed by atoms with van der Waals surface area (Å²) in [5, 5.41) is 4.77. The number of methoxy groups -OCH3 is 2. The fraction of sp³-hybridized carbons (Fsp3) is 0.286. The van der Waals surface area contributed by atoms with Crippen LogP contribution in [0.4, 0.5) is 4.39 Å². The third kappa shape index (κ3) is 4.89. The van der Waals surface area contributed by atoms with Gasteiger partial charge < -0.3 is 14.2 Å². The van der Waals surface area contributed by atoms with Gasteiger partial charge in [-0.25, -0.2) is 13.9 Å². The van der Waals surface area contributed by atoms with Crippen molar-refractivity contribution in [2.45, 2.75) is 26.7 Å². The molecule has 2 atom stereocenters. The standard InChI is InChI=1S/C28H28FN3O5/c1-6-37-22-13-12-18(14-21(22)29)26-20(15-32(31-26)19-10-8-7-9-11-19)25-23(27(33)35-4)16(2)30-17(3)24(25)28(34)36-5/h7-15,23,25H,6H2,1-5H3. The largest absolute Gasteiger partial charge is 0.491 e. The number of halogens is 1. The lowest BCUT2D eigenvalue weighted by molar-refractivity contribution is -0.143. The normalized spacial score (nSPS) is 17.3. The first-order chi connectivity index (χ1) is 17.8. The van der Waals surface area contributed by atoms with E-state index >= 15 is 0 Å². The first kappa shape index (κ1) is 25.8. The van der Waals surface area contributed by atoms with E-state index in [2.05, 4.69) is 4.99 Å². The molecule has 1 aromatic heterocycles. The van der Waals surface area contributed by atoms with Crippen molar-refractivity contribution in [3.8, 4) is 22.7 Å². The number of benzene rings is 2. The number of rotatable bonds is 7. The predicted molar refractivity (Wildman–Crippen MR) is 136 cm³/mol. The van der Waals surface area contributed by atoms with Crippen molar-refractivity contribution in [3.05, 3.63) is 77.4 Å². The second-order valence-corrected chi connectivity index (χ2v) is 8.51. The number of nitrogens with zero attached hydrogens (tertiary/aromatic N) is 3. The van der Waals surface area contributed by atoms with Crippen molar-refractivity contribution in [2.24, 2.45) is 10.9 Å². The molecule has 0 bridgehead atoms. The molecule has 3 aromatic rings. The number of ether oxygens (including phenoxy) is 3. The second-order valence-electron chi connectivity index (χ2n) is 8.51. The summed E-state index contributed by atoms with van der Waals surface area (Å²) in [5.41, 5.74) is 3.24. The Bertz CT molecular complexity index is 1390. The van der Waals surface area contributed by atoms with Gasteiger partial charge in [0.1, 0.15) is 5.92 Å². The van der Waals surface area contributed by atoms with E-state index in [1.807, 2.05) is 30.3 Å². The van der Waals surface area contributed by atoms with Crippen LogP contribution in [0.5, 0.6) is 5.75 Å². The molecular weight excluding hydrogens is 477 g/mol. The van der Waals surface area contributed by atoms with Gasteiger partial charge in [-0.2, -0.15) is 5.10 Å². The summed E-state index contributed by atoms with van der Waals surface area (Å²) in [6.45, 7) is 5.49. The van der Waals surface area contributed by atoms with Gasteiger partial charge in [-0.15, -0.1) is 0 Å². The molecule has 0 amide bonds. The summed E-state index contributed by atoms with van der Waals surface area (Å²) in [7, 11) is 2.56. The van der Waals surface area contributed by atoms with Gasteiger partial charge in [0.25, 0.3) is 0 Å². The Morgan fingerprint density at radius 1 is 1.05 bits per heavy atom. The SMILES string of the molecule is CCOc1ccc(-c2nn(-c3ccccc3)cc2C2C(C(=O)OC)=C(C)N=C(C)C2C(=O)OC)cc1F. The van der Waals surface area contributed by atoms with Crippen LogP contribution in [0.1, 0.15) is 32.3 Å². The number of hydrogen-bond acceptors (Lipinski definition) is 7. The van der Waals surface area contributed by atoms with E-state index in [1.165, 1.54) is 26.4 Å². The van der Waals surface area contributed by atoms with Crippen LogP contribution >= 0.6 is 0 Å². The molecule has 192 valence electrons. The Hall–Kier alpha value is -4.27. The van der Waals surface area contributed by atoms with Crippen LogP contribution < -0.4 is 4.74 Å². The van der Waals surface area contributed by atoms with E-state index in [9.17, 15) is 14.0 Å². The quantitative estimate of drug-likeness (QED) is 0.426. The van der Waals surface area contributed by atoms with Crippen molar-refractivity contribution in [3.63, 3.8) is 0 Å². The number of hydrogen-bond donors (Lipinski definition) is 0. The van der Waals surface area contributed by atoms with Crippen molar-refractivity contribution >= 4 is 17.7 Å². The zero-order chi connectivity index (χ0) is 26.7. The summed E-state index contributed by atoms with van der Waals surface area (Å²) >= 11 is 0. The Labute approximate surface area is 214 Å². The van der Waals surface area contributed by atoms with Crippen molar-refractivity contribution < 1.29 is 28.2 Å². The molecule has 2 aromatic carbocycles. The van der Waals surface area contributed by atoms with Crippen LogP contribution in [-0.4, -0.2) is 48.3 Å². The minimum atomic E-state index is -0.914. The molecule has 0 spiro atoms. The number of allylic oxidation sites excluding steroid dienone is 1. The maximum Gasteiger partial charge on any atom is 0.336 e. The zero-order valence-corrected chi connectivity index (χ0v) is 21.3. The zero-order valence-electron chi connectivity index (χ0n) is 21.3. The van der Waals surface area contributed by atoms with Crippen LogP contribution in [0.15, 0.2) is 71.0 Å². The summed E-state index contributed by atoms with van der Waals surface area (Å²) in [4.78, 5) is 30.5. The molecular formula is C28H28FN3O5. The Kier molecular flexibility index (Phi) is 7.52. The Balaban J connectivity index is 2.00. The first-order valence-corrected chi connectivity index (χ1v) is 11.8. The molecule has 4 rings (SSSR count). The summed E-state index contributed by atoms with van der Waals surface area (Å²) < 4.78 is 32.1. The predicted octanol–water partition coefficient (Wildman–Crippen LogP) is 4.87. The molecule has 0 fully saturated rings. The minimum Gasteiger partial charge on any atom is -0.491 e. The van der Waals surface area contributed by atoms with Gasteiger partial charge in [0.05, 0.1) is 37.8 Å². The summed E-state index contributed by atoms with van der Waals surface area (Å²) in [5.74, 6) is -3.36. The molecule has 8 nitrogen and oxygen atoms in total. The number of aliphatic imine (C=N–C) groups is 1. The molecule has 0 saturated carbocycles. The molecule has 9 heteroatoms. The monoisotopic (exact) mass is 505 g/mol. The highest BCUT2D eigenvalue weighted by Gasteiger charge is 2.44. The number of para-hydroxylation sites is 1. The number of carbonyl (C=O) groups excluding carboxylic acids is 2. The van der Waals surface area contributed by atoms with Crippen molar-refractivity contribution in [2.75, 3.05) is 20.8 Å². The maximum atomic E-state index is 14.9. The molecule has 0 radical (unpaired) electrons. The lowest BCUT2D eigenvalue weighted by Gasteiger charge is -2.30. The van der Waals surface area contributed by atoms with Crippen LogP contribution in [-0.2, 0) is 19.1 Å². The van der Waals surface area contributed by atoms with E-state index in [4.69, 9.17) is 19.3 Å². The molecule has 1 aliphatic heterocycles. The molecule has 37 heavy (non-hydrogen) atoms. The van der Waals surface area contributed by atoms with Gasteiger partial charge in [0.15, 0.2) is 11.6 Å². The van der Waals surface area contributed by atoms with E-state index in [-0.39, 0.29) is 11.3 Å². The lowest BCUT2D eigenvalue weighted by atomic mass is 9.75. The maximum absolute atomic E-state index is 14.9. The van der Waals surface area contributed by atoms with Gasteiger partial charge in [-0.3, -0.25) is 9.79 Å². The van der Waals surface area contributed by atoms with Gasteiger partial charge in [-0.1, -0.05) is 18.2 Å². The number of aromatic nitrogens is 2. The van der Waals surface area contributed by atoms with Crippen molar-refractivity contribution in [1.29, 1.82) is 0 Å². The molecule has 1 aliphatic rings.